The number of hydrogen-bond acceptors (Lipinski definition) is 7. The normalized spacial score (nSPS) is 18.2. The number of amides is 1. The number of aromatic nitrogens is 3. The third-order valence-corrected chi connectivity index (χ3v) is 5.35. The van der Waals surface area contributed by atoms with Crippen molar-refractivity contribution in [3.63, 3.8) is 0 Å². The predicted octanol–water partition coefficient (Wildman–Crippen LogP) is 2.05. The van der Waals surface area contributed by atoms with E-state index in [1.165, 1.54) is 11.3 Å². The Morgan fingerprint density at radius 3 is 3.00 bits per heavy atom. The molecule has 22 heavy (non-hydrogen) atoms. The highest BCUT2D eigenvalue weighted by molar-refractivity contribution is 8.00. The Morgan fingerprint density at radius 1 is 1.45 bits per heavy atom. The Hall–Kier alpha value is -1.67. The minimum absolute atomic E-state index is 0.0996. The fourth-order valence-corrected chi connectivity index (χ4v) is 3.69. The van der Waals surface area contributed by atoms with E-state index in [0.29, 0.717) is 5.69 Å². The Morgan fingerprint density at radius 2 is 2.27 bits per heavy atom. The van der Waals surface area contributed by atoms with Crippen molar-refractivity contribution in [2.75, 3.05) is 24.2 Å². The second-order valence-electron chi connectivity index (χ2n) is 5.01. The SMILES string of the molecule is CSc1nc(C(=O)N[C@H]2CCCN(c3ncccn3)C2)cs1. The summed E-state index contributed by atoms with van der Waals surface area (Å²) in [6, 6.07) is 1.91. The van der Waals surface area contributed by atoms with Crippen molar-refractivity contribution in [3.8, 4) is 0 Å². The van der Waals surface area contributed by atoms with Crippen LogP contribution in [0.2, 0.25) is 0 Å². The predicted molar refractivity (Wildman–Crippen MR) is 88.6 cm³/mol. The van der Waals surface area contributed by atoms with E-state index >= 15 is 0 Å². The van der Waals surface area contributed by atoms with Gasteiger partial charge < -0.3 is 10.2 Å². The van der Waals surface area contributed by atoms with Crippen molar-refractivity contribution in [2.24, 2.45) is 0 Å². The molecule has 1 fully saturated rings. The number of thiazole rings is 1. The Kier molecular flexibility index (Phi) is 4.89. The summed E-state index contributed by atoms with van der Waals surface area (Å²) in [6.45, 7) is 1.65. The highest BCUT2D eigenvalue weighted by Gasteiger charge is 2.24. The fourth-order valence-electron chi connectivity index (χ4n) is 2.45. The first-order valence-electron chi connectivity index (χ1n) is 7.08. The van der Waals surface area contributed by atoms with Crippen LogP contribution >= 0.6 is 23.1 Å². The summed E-state index contributed by atoms with van der Waals surface area (Å²) in [6.07, 6.45) is 7.41. The van der Waals surface area contributed by atoms with E-state index < -0.39 is 0 Å². The highest BCUT2D eigenvalue weighted by atomic mass is 32.2. The summed E-state index contributed by atoms with van der Waals surface area (Å²) in [4.78, 5) is 27.2. The highest BCUT2D eigenvalue weighted by Crippen LogP contribution is 2.20. The summed E-state index contributed by atoms with van der Waals surface area (Å²) in [5.74, 6) is 0.622. The number of anilines is 1. The summed E-state index contributed by atoms with van der Waals surface area (Å²) in [5, 5.41) is 4.88. The smallest absolute Gasteiger partial charge is 0.271 e. The van der Waals surface area contributed by atoms with Gasteiger partial charge in [0.2, 0.25) is 5.95 Å². The summed E-state index contributed by atoms with van der Waals surface area (Å²) in [5.41, 5.74) is 0.502. The van der Waals surface area contributed by atoms with Crippen molar-refractivity contribution >= 4 is 35.0 Å². The van der Waals surface area contributed by atoms with Gasteiger partial charge in [-0.15, -0.1) is 11.3 Å². The molecule has 1 saturated heterocycles. The number of thioether (sulfide) groups is 1. The Bertz CT molecular complexity index is 633. The molecule has 0 unspecified atom stereocenters. The molecule has 6 nitrogen and oxygen atoms in total. The van der Waals surface area contributed by atoms with Crippen LogP contribution in [0.4, 0.5) is 5.95 Å². The lowest BCUT2D eigenvalue weighted by atomic mass is 10.1. The molecule has 3 heterocycles. The number of rotatable bonds is 4. The van der Waals surface area contributed by atoms with Crippen LogP contribution in [0.5, 0.6) is 0 Å². The minimum atomic E-state index is -0.0996. The lowest BCUT2D eigenvalue weighted by Gasteiger charge is -2.32. The molecule has 0 aliphatic carbocycles. The van der Waals surface area contributed by atoms with Gasteiger partial charge in [0, 0.05) is 36.9 Å². The molecule has 1 aliphatic rings. The van der Waals surface area contributed by atoms with Gasteiger partial charge in [0.15, 0.2) is 0 Å². The Balaban J connectivity index is 1.61. The van der Waals surface area contributed by atoms with Gasteiger partial charge in [-0.1, -0.05) is 11.8 Å². The number of hydrogen-bond donors (Lipinski definition) is 1. The van der Waals surface area contributed by atoms with Gasteiger partial charge in [-0.3, -0.25) is 4.79 Å². The van der Waals surface area contributed by atoms with Gasteiger partial charge in [0.1, 0.15) is 10.0 Å². The van der Waals surface area contributed by atoms with Gasteiger partial charge in [0.05, 0.1) is 0 Å². The van der Waals surface area contributed by atoms with Crippen LogP contribution in [0.3, 0.4) is 0 Å². The van der Waals surface area contributed by atoms with E-state index in [1.807, 2.05) is 11.6 Å². The molecule has 2 aromatic rings. The third-order valence-electron chi connectivity index (χ3n) is 3.48. The number of nitrogens with one attached hydrogen (secondary N) is 1. The van der Waals surface area contributed by atoms with Crippen LogP contribution < -0.4 is 10.2 Å². The number of nitrogens with zero attached hydrogens (tertiary/aromatic N) is 4. The van der Waals surface area contributed by atoms with Crippen molar-refractivity contribution in [1.82, 2.24) is 20.3 Å². The molecule has 0 aromatic carbocycles. The second-order valence-corrected chi connectivity index (χ2v) is 6.92. The van der Waals surface area contributed by atoms with E-state index in [4.69, 9.17) is 0 Å². The van der Waals surface area contributed by atoms with Crippen LogP contribution in [0, 0.1) is 0 Å². The maximum absolute atomic E-state index is 12.3. The quantitative estimate of drug-likeness (QED) is 0.863. The van der Waals surface area contributed by atoms with E-state index in [-0.39, 0.29) is 11.9 Å². The molecule has 0 spiro atoms. The first-order chi connectivity index (χ1) is 10.8. The zero-order valence-electron chi connectivity index (χ0n) is 12.2. The topological polar surface area (TPSA) is 71.0 Å². The van der Waals surface area contributed by atoms with E-state index in [1.54, 1.807) is 30.2 Å². The molecule has 3 rings (SSSR count). The van der Waals surface area contributed by atoms with Gasteiger partial charge in [-0.2, -0.15) is 0 Å². The zero-order valence-corrected chi connectivity index (χ0v) is 13.9. The third kappa shape index (κ3) is 3.56. The maximum atomic E-state index is 12.3. The maximum Gasteiger partial charge on any atom is 0.271 e. The van der Waals surface area contributed by atoms with Crippen molar-refractivity contribution in [2.45, 2.75) is 23.2 Å². The summed E-state index contributed by atoms with van der Waals surface area (Å²) in [7, 11) is 0. The first kappa shape index (κ1) is 15.2. The summed E-state index contributed by atoms with van der Waals surface area (Å²) >= 11 is 3.05. The van der Waals surface area contributed by atoms with Crippen LogP contribution in [0.15, 0.2) is 28.2 Å². The van der Waals surface area contributed by atoms with Crippen LogP contribution in [-0.4, -0.2) is 46.2 Å². The van der Waals surface area contributed by atoms with Gasteiger partial charge in [-0.05, 0) is 25.2 Å². The molecular formula is C14H17N5OS2. The molecule has 0 bridgehead atoms. The molecular weight excluding hydrogens is 318 g/mol. The number of carbonyl (C=O) groups is 1. The fraction of sp³-hybridized carbons (Fsp3) is 0.429. The minimum Gasteiger partial charge on any atom is -0.346 e. The van der Waals surface area contributed by atoms with E-state index in [2.05, 4.69) is 25.2 Å². The van der Waals surface area contributed by atoms with Gasteiger partial charge in [0.25, 0.3) is 5.91 Å². The molecule has 1 N–H and O–H groups in total. The van der Waals surface area contributed by atoms with E-state index in [0.717, 1.165) is 36.2 Å². The van der Waals surface area contributed by atoms with Crippen LogP contribution in [0.1, 0.15) is 23.3 Å². The van der Waals surface area contributed by atoms with Gasteiger partial charge in [-0.25, -0.2) is 15.0 Å². The molecule has 0 radical (unpaired) electrons. The number of carbonyl (C=O) groups excluding carboxylic acids is 1. The first-order valence-corrected chi connectivity index (χ1v) is 9.19. The van der Waals surface area contributed by atoms with Crippen molar-refractivity contribution in [3.05, 3.63) is 29.5 Å². The molecule has 116 valence electrons. The monoisotopic (exact) mass is 335 g/mol. The van der Waals surface area contributed by atoms with E-state index in [9.17, 15) is 4.79 Å². The standard InChI is InChI=1S/C14H17N5OS2/c1-21-14-18-11(9-22-14)12(20)17-10-4-2-7-19(8-10)13-15-5-3-6-16-13/h3,5-6,9-10H,2,4,7-8H2,1H3,(H,17,20)/t10-/m0/s1. The molecule has 1 amide bonds. The average molecular weight is 335 g/mol. The Labute approximate surface area is 137 Å². The second kappa shape index (κ2) is 7.06. The molecule has 0 saturated carbocycles. The average Bonchev–Trinajstić information content (AvgIpc) is 3.05. The zero-order chi connectivity index (χ0) is 15.4. The van der Waals surface area contributed by atoms with Crippen molar-refractivity contribution < 1.29 is 4.79 Å². The number of piperidine rings is 1. The molecule has 1 atom stereocenters. The van der Waals surface area contributed by atoms with Crippen molar-refractivity contribution in [1.29, 1.82) is 0 Å². The lowest BCUT2D eigenvalue weighted by molar-refractivity contribution is 0.0928. The molecule has 1 aliphatic heterocycles. The molecule has 2 aromatic heterocycles. The van der Waals surface area contributed by atoms with Crippen LogP contribution in [0.25, 0.3) is 0 Å². The lowest BCUT2D eigenvalue weighted by Crippen LogP contribution is -2.48. The molecule has 8 heteroatoms. The van der Waals surface area contributed by atoms with Gasteiger partial charge >= 0.3 is 0 Å². The summed E-state index contributed by atoms with van der Waals surface area (Å²) < 4.78 is 0.910. The van der Waals surface area contributed by atoms with Crippen LogP contribution in [-0.2, 0) is 0 Å². The largest absolute Gasteiger partial charge is 0.346 e.